The number of amides is 1. The van der Waals surface area contributed by atoms with E-state index < -0.39 is 5.97 Å². The molecule has 0 spiro atoms. The summed E-state index contributed by atoms with van der Waals surface area (Å²) in [7, 11) is 0. The molecule has 1 atom stereocenters. The van der Waals surface area contributed by atoms with Crippen molar-refractivity contribution < 1.29 is 19.8 Å². The maximum atomic E-state index is 12.1. The number of phenolic OH excluding ortho intramolecular Hbond substituents is 1. The molecule has 5 heteroatoms. The number of carbonyl (C=O) groups excluding carboxylic acids is 1. The molecule has 0 aliphatic rings. The van der Waals surface area contributed by atoms with Gasteiger partial charge in [0.1, 0.15) is 5.75 Å². The molecule has 0 heterocycles. The van der Waals surface area contributed by atoms with E-state index in [9.17, 15) is 14.7 Å². The Kier molecular flexibility index (Phi) is 6.21. The fraction of sp³-hybridized carbons (Fsp3) is 0.500. The van der Waals surface area contributed by atoms with Crippen molar-refractivity contribution in [3.8, 4) is 5.75 Å². The maximum absolute atomic E-state index is 12.1. The van der Waals surface area contributed by atoms with Gasteiger partial charge in [0.2, 0.25) is 0 Å². The number of hydrogen-bond acceptors (Lipinski definition) is 3. The van der Waals surface area contributed by atoms with Gasteiger partial charge in [-0.2, -0.15) is 0 Å². The van der Waals surface area contributed by atoms with E-state index in [2.05, 4.69) is 5.32 Å². The van der Waals surface area contributed by atoms with Crippen LogP contribution in [0, 0.1) is 18.8 Å². The minimum absolute atomic E-state index is 0.0261. The van der Waals surface area contributed by atoms with Crippen molar-refractivity contribution in [2.24, 2.45) is 11.8 Å². The van der Waals surface area contributed by atoms with E-state index in [0.717, 1.165) is 12.0 Å². The first kappa shape index (κ1) is 17.0. The lowest BCUT2D eigenvalue weighted by Crippen LogP contribution is -2.31. The molecule has 0 saturated carbocycles. The summed E-state index contributed by atoms with van der Waals surface area (Å²) < 4.78 is 0. The molecule has 1 amide bonds. The first-order chi connectivity index (χ1) is 9.79. The molecule has 0 radical (unpaired) electrons. The molecular formula is C16H23NO4. The normalized spacial score (nSPS) is 12.2. The van der Waals surface area contributed by atoms with Crippen molar-refractivity contribution in [2.75, 3.05) is 6.54 Å². The predicted molar refractivity (Wildman–Crippen MR) is 80.4 cm³/mol. The van der Waals surface area contributed by atoms with Crippen molar-refractivity contribution in [3.63, 3.8) is 0 Å². The summed E-state index contributed by atoms with van der Waals surface area (Å²) in [5.74, 6) is -1.07. The highest BCUT2D eigenvalue weighted by Crippen LogP contribution is 2.19. The Morgan fingerprint density at radius 2 is 1.95 bits per heavy atom. The molecule has 0 aliphatic heterocycles. The average Bonchev–Trinajstić information content (AvgIpc) is 2.37. The lowest BCUT2D eigenvalue weighted by atomic mass is 9.94. The smallest absolute Gasteiger partial charge is 0.303 e. The van der Waals surface area contributed by atoms with Crippen molar-refractivity contribution in [3.05, 3.63) is 29.3 Å². The number of aryl methyl sites for hydroxylation is 1. The van der Waals surface area contributed by atoms with Crippen molar-refractivity contribution in [2.45, 2.75) is 33.6 Å². The Balaban J connectivity index is 2.68. The second-order valence-corrected chi connectivity index (χ2v) is 5.82. The zero-order valence-corrected chi connectivity index (χ0v) is 12.7. The van der Waals surface area contributed by atoms with Gasteiger partial charge in [0.15, 0.2) is 0 Å². The SMILES string of the molecule is Cc1ccc(O)c(C(=O)NC[C@H](CC(=O)O)CC(C)C)c1. The molecule has 1 aromatic carbocycles. The number of aliphatic carboxylic acids is 1. The molecule has 116 valence electrons. The lowest BCUT2D eigenvalue weighted by Gasteiger charge is -2.18. The highest BCUT2D eigenvalue weighted by molar-refractivity contribution is 5.97. The zero-order valence-electron chi connectivity index (χ0n) is 12.7. The fourth-order valence-corrected chi connectivity index (χ4v) is 2.32. The first-order valence-electron chi connectivity index (χ1n) is 7.09. The third-order valence-corrected chi connectivity index (χ3v) is 3.22. The van der Waals surface area contributed by atoms with Gasteiger partial charge in [0.05, 0.1) is 5.56 Å². The number of aromatic hydroxyl groups is 1. The number of nitrogens with one attached hydrogen (secondary N) is 1. The largest absolute Gasteiger partial charge is 0.507 e. The van der Waals surface area contributed by atoms with Crippen LogP contribution in [0.3, 0.4) is 0 Å². The van der Waals surface area contributed by atoms with Crippen molar-refractivity contribution >= 4 is 11.9 Å². The topological polar surface area (TPSA) is 86.6 Å². The summed E-state index contributed by atoms with van der Waals surface area (Å²) in [6, 6.07) is 4.81. The van der Waals surface area contributed by atoms with Crippen LogP contribution < -0.4 is 5.32 Å². The van der Waals surface area contributed by atoms with Crippen molar-refractivity contribution in [1.82, 2.24) is 5.32 Å². The van der Waals surface area contributed by atoms with Gasteiger partial charge >= 0.3 is 5.97 Å². The summed E-state index contributed by atoms with van der Waals surface area (Å²) >= 11 is 0. The lowest BCUT2D eigenvalue weighted by molar-refractivity contribution is -0.138. The molecular weight excluding hydrogens is 270 g/mol. The van der Waals surface area contributed by atoms with E-state index >= 15 is 0 Å². The molecule has 0 aromatic heterocycles. The van der Waals surface area contributed by atoms with Crippen LogP contribution in [-0.4, -0.2) is 28.6 Å². The second kappa shape index (κ2) is 7.67. The first-order valence-corrected chi connectivity index (χ1v) is 7.09. The molecule has 1 aromatic rings. The molecule has 0 aliphatic carbocycles. The van der Waals surface area contributed by atoms with E-state index in [1.807, 2.05) is 20.8 Å². The predicted octanol–water partition coefficient (Wildman–Crippen LogP) is 2.57. The van der Waals surface area contributed by atoms with Crippen LogP contribution in [0.25, 0.3) is 0 Å². The van der Waals surface area contributed by atoms with Crippen LogP contribution in [0.1, 0.15) is 42.6 Å². The van der Waals surface area contributed by atoms with Gasteiger partial charge in [-0.05, 0) is 37.3 Å². The van der Waals surface area contributed by atoms with Gasteiger partial charge in [-0.1, -0.05) is 25.5 Å². The molecule has 0 saturated heterocycles. The summed E-state index contributed by atoms with van der Waals surface area (Å²) in [5, 5.41) is 21.3. The van der Waals surface area contributed by atoms with Crippen LogP contribution >= 0.6 is 0 Å². The number of benzene rings is 1. The number of carbonyl (C=O) groups is 2. The molecule has 0 bridgehead atoms. The summed E-state index contributed by atoms with van der Waals surface area (Å²) in [5.41, 5.74) is 1.09. The third kappa shape index (κ3) is 5.85. The minimum Gasteiger partial charge on any atom is -0.507 e. The maximum Gasteiger partial charge on any atom is 0.303 e. The van der Waals surface area contributed by atoms with Gasteiger partial charge in [-0.15, -0.1) is 0 Å². The molecule has 21 heavy (non-hydrogen) atoms. The van der Waals surface area contributed by atoms with Crippen LogP contribution in [-0.2, 0) is 4.79 Å². The average molecular weight is 293 g/mol. The van der Waals surface area contributed by atoms with E-state index in [1.165, 1.54) is 6.07 Å². The summed E-state index contributed by atoms with van der Waals surface area (Å²) in [4.78, 5) is 22.9. The quantitative estimate of drug-likeness (QED) is 0.721. The van der Waals surface area contributed by atoms with Gasteiger partial charge in [0.25, 0.3) is 5.91 Å². The standard InChI is InChI=1S/C16H23NO4/c1-10(2)6-12(8-15(19)20)9-17-16(21)13-7-11(3)4-5-14(13)18/h4-5,7,10,12,18H,6,8-9H2,1-3H3,(H,17,21)(H,19,20)/t12-/m0/s1. The van der Waals surface area contributed by atoms with Crippen LogP contribution in [0.2, 0.25) is 0 Å². The van der Waals surface area contributed by atoms with Crippen LogP contribution in [0.5, 0.6) is 5.75 Å². The Hall–Kier alpha value is -2.04. The fourth-order valence-electron chi connectivity index (χ4n) is 2.32. The van der Waals surface area contributed by atoms with Crippen LogP contribution in [0.4, 0.5) is 0 Å². The molecule has 3 N–H and O–H groups in total. The highest BCUT2D eigenvalue weighted by Gasteiger charge is 2.17. The summed E-state index contributed by atoms with van der Waals surface area (Å²) in [6.45, 7) is 6.16. The Bertz CT molecular complexity index is 511. The Morgan fingerprint density at radius 1 is 1.29 bits per heavy atom. The zero-order chi connectivity index (χ0) is 16.0. The van der Waals surface area contributed by atoms with E-state index in [1.54, 1.807) is 12.1 Å². The van der Waals surface area contributed by atoms with Crippen molar-refractivity contribution in [1.29, 1.82) is 0 Å². The van der Waals surface area contributed by atoms with E-state index in [4.69, 9.17) is 5.11 Å². The third-order valence-electron chi connectivity index (χ3n) is 3.22. The number of carboxylic acid groups (broad SMARTS) is 1. The highest BCUT2D eigenvalue weighted by atomic mass is 16.4. The minimum atomic E-state index is -0.867. The van der Waals surface area contributed by atoms with E-state index in [0.29, 0.717) is 5.92 Å². The summed E-state index contributed by atoms with van der Waals surface area (Å²) in [6.07, 6.45) is 0.755. The van der Waals surface area contributed by atoms with Gasteiger partial charge in [-0.3, -0.25) is 9.59 Å². The monoisotopic (exact) mass is 293 g/mol. The Labute approximate surface area is 125 Å². The number of rotatable bonds is 7. The number of carboxylic acids is 1. The van der Waals surface area contributed by atoms with Gasteiger partial charge in [0, 0.05) is 13.0 Å². The number of hydrogen-bond donors (Lipinski definition) is 3. The molecule has 0 unspecified atom stereocenters. The molecule has 1 rings (SSSR count). The Morgan fingerprint density at radius 3 is 2.52 bits per heavy atom. The van der Waals surface area contributed by atoms with E-state index in [-0.39, 0.29) is 36.1 Å². The molecule has 0 fully saturated rings. The van der Waals surface area contributed by atoms with Crippen LogP contribution in [0.15, 0.2) is 18.2 Å². The van der Waals surface area contributed by atoms with Gasteiger partial charge in [-0.25, -0.2) is 0 Å². The van der Waals surface area contributed by atoms with Gasteiger partial charge < -0.3 is 15.5 Å². The second-order valence-electron chi connectivity index (χ2n) is 5.82. The molecule has 5 nitrogen and oxygen atoms in total. The number of phenols is 1.